The highest BCUT2D eigenvalue weighted by atomic mass is 15.3. The van der Waals surface area contributed by atoms with E-state index in [0.717, 1.165) is 54.5 Å². The summed E-state index contributed by atoms with van der Waals surface area (Å²) in [5.74, 6) is 2.66. The van der Waals surface area contributed by atoms with Gasteiger partial charge in [0.05, 0.1) is 5.69 Å². The summed E-state index contributed by atoms with van der Waals surface area (Å²) < 4.78 is 1.98. The summed E-state index contributed by atoms with van der Waals surface area (Å²) >= 11 is 0. The van der Waals surface area contributed by atoms with Gasteiger partial charge in [-0.3, -0.25) is 0 Å². The summed E-state index contributed by atoms with van der Waals surface area (Å²) in [5.41, 5.74) is 3.35. The number of anilines is 1. The summed E-state index contributed by atoms with van der Waals surface area (Å²) in [6.07, 6.45) is 2.69. The lowest BCUT2D eigenvalue weighted by Crippen LogP contribution is -2.13. The van der Waals surface area contributed by atoms with Crippen LogP contribution in [0, 0.1) is 6.92 Å². The minimum Gasteiger partial charge on any atom is -0.370 e. The molecule has 21 heavy (non-hydrogen) atoms. The monoisotopic (exact) mass is 287 g/mol. The van der Waals surface area contributed by atoms with Crippen LogP contribution in [0.3, 0.4) is 0 Å². The van der Waals surface area contributed by atoms with E-state index in [-0.39, 0.29) is 0 Å². The van der Waals surface area contributed by atoms with Gasteiger partial charge in [-0.05, 0) is 32.8 Å². The van der Waals surface area contributed by atoms with Gasteiger partial charge in [-0.15, -0.1) is 0 Å². The Morgan fingerprint density at radius 2 is 1.81 bits per heavy atom. The fourth-order valence-corrected chi connectivity index (χ4v) is 2.34. The highest BCUT2D eigenvalue weighted by Gasteiger charge is 2.15. The molecule has 0 aromatic carbocycles. The highest BCUT2D eigenvalue weighted by Crippen LogP contribution is 2.21. The molecular formula is C16H25N5. The van der Waals surface area contributed by atoms with E-state index in [0.29, 0.717) is 0 Å². The summed E-state index contributed by atoms with van der Waals surface area (Å²) in [7, 11) is 0. The normalized spacial score (nSPS) is 10.9. The zero-order chi connectivity index (χ0) is 15.4. The summed E-state index contributed by atoms with van der Waals surface area (Å²) in [6, 6.07) is 2.17. The molecule has 114 valence electrons. The van der Waals surface area contributed by atoms with Crippen LogP contribution >= 0.6 is 0 Å². The zero-order valence-corrected chi connectivity index (χ0v) is 13.7. The Hall–Kier alpha value is -1.91. The van der Waals surface area contributed by atoms with E-state index in [1.54, 1.807) is 0 Å². The Labute approximate surface area is 126 Å². The predicted octanol–water partition coefficient (Wildman–Crippen LogP) is 3.09. The van der Waals surface area contributed by atoms with E-state index in [2.05, 4.69) is 51.0 Å². The van der Waals surface area contributed by atoms with Crippen molar-refractivity contribution in [1.29, 1.82) is 0 Å². The highest BCUT2D eigenvalue weighted by molar-refractivity contribution is 5.52. The first-order chi connectivity index (χ1) is 10.1. The van der Waals surface area contributed by atoms with Crippen molar-refractivity contribution < 1.29 is 0 Å². The molecular weight excluding hydrogens is 262 g/mol. The van der Waals surface area contributed by atoms with Crippen LogP contribution in [-0.4, -0.2) is 26.3 Å². The van der Waals surface area contributed by atoms with E-state index < -0.39 is 0 Å². The summed E-state index contributed by atoms with van der Waals surface area (Å²) in [5, 5.41) is 8.03. The largest absolute Gasteiger partial charge is 0.370 e. The Morgan fingerprint density at radius 3 is 2.38 bits per heavy atom. The van der Waals surface area contributed by atoms with Gasteiger partial charge in [-0.2, -0.15) is 5.10 Å². The molecule has 2 aromatic rings. The molecule has 2 heterocycles. The van der Waals surface area contributed by atoms with E-state index in [1.165, 1.54) is 5.69 Å². The molecule has 0 aliphatic rings. The number of rotatable bonds is 6. The average molecular weight is 287 g/mol. The molecule has 0 aliphatic heterocycles. The van der Waals surface area contributed by atoms with Gasteiger partial charge < -0.3 is 5.32 Å². The van der Waals surface area contributed by atoms with Crippen LogP contribution in [0.2, 0.25) is 0 Å². The maximum atomic E-state index is 4.71. The zero-order valence-electron chi connectivity index (χ0n) is 13.7. The molecule has 0 aliphatic carbocycles. The minimum atomic E-state index is 0.815. The van der Waals surface area contributed by atoms with Crippen molar-refractivity contribution in [2.45, 2.75) is 53.9 Å². The van der Waals surface area contributed by atoms with Crippen LogP contribution in [-0.2, 0) is 19.3 Å². The lowest BCUT2D eigenvalue weighted by Gasteiger charge is -2.14. The Balaban J connectivity index is 2.61. The van der Waals surface area contributed by atoms with Crippen LogP contribution in [0.15, 0.2) is 6.07 Å². The minimum absolute atomic E-state index is 0.815. The van der Waals surface area contributed by atoms with Crippen molar-refractivity contribution in [3.63, 3.8) is 0 Å². The number of nitrogens with one attached hydrogen (secondary N) is 1. The van der Waals surface area contributed by atoms with Gasteiger partial charge in [0.15, 0.2) is 5.82 Å². The number of hydrogen-bond donors (Lipinski definition) is 1. The summed E-state index contributed by atoms with van der Waals surface area (Å²) in [6.45, 7) is 11.3. The maximum absolute atomic E-state index is 4.71. The molecule has 0 fully saturated rings. The van der Waals surface area contributed by atoms with Crippen LogP contribution in [0.4, 0.5) is 5.82 Å². The Morgan fingerprint density at radius 1 is 1.05 bits per heavy atom. The van der Waals surface area contributed by atoms with Crippen molar-refractivity contribution >= 4 is 5.82 Å². The number of aromatic nitrogens is 4. The molecule has 0 spiro atoms. The van der Waals surface area contributed by atoms with Crippen LogP contribution in [0.5, 0.6) is 0 Å². The van der Waals surface area contributed by atoms with Gasteiger partial charge in [0, 0.05) is 24.2 Å². The fourth-order valence-electron chi connectivity index (χ4n) is 2.34. The molecule has 0 saturated heterocycles. The van der Waals surface area contributed by atoms with E-state index in [9.17, 15) is 0 Å². The quantitative estimate of drug-likeness (QED) is 0.887. The van der Waals surface area contributed by atoms with Crippen LogP contribution < -0.4 is 5.32 Å². The van der Waals surface area contributed by atoms with Gasteiger partial charge in [0.25, 0.3) is 0 Å². The molecule has 0 atom stereocenters. The first-order valence-electron chi connectivity index (χ1n) is 7.84. The van der Waals surface area contributed by atoms with Crippen LogP contribution in [0.25, 0.3) is 5.82 Å². The van der Waals surface area contributed by atoms with Gasteiger partial charge >= 0.3 is 0 Å². The second kappa shape index (κ2) is 6.70. The van der Waals surface area contributed by atoms with Crippen molar-refractivity contribution in [2.24, 2.45) is 0 Å². The topological polar surface area (TPSA) is 55.6 Å². The molecule has 0 amide bonds. The first-order valence-corrected chi connectivity index (χ1v) is 7.84. The second-order valence-electron chi connectivity index (χ2n) is 5.07. The van der Waals surface area contributed by atoms with Crippen molar-refractivity contribution in [3.05, 3.63) is 28.8 Å². The van der Waals surface area contributed by atoms with Crippen molar-refractivity contribution in [2.75, 3.05) is 11.9 Å². The molecule has 5 heteroatoms. The summed E-state index contributed by atoms with van der Waals surface area (Å²) in [4.78, 5) is 9.30. The molecule has 5 nitrogen and oxygen atoms in total. The SMILES string of the molecule is CCNc1nc(CC)nc(-n2nc(CC)cc2CC)c1C. The molecule has 0 saturated carbocycles. The Bertz CT molecular complexity index is 615. The van der Waals surface area contributed by atoms with Crippen LogP contribution in [0.1, 0.15) is 50.5 Å². The predicted molar refractivity (Wildman–Crippen MR) is 86.2 cm³/mol. The third kappa shape index (κ3) is 3.06. The fraction of sp³-hybridized carbons (Fsp3) is 0.562. The Kier molecular flexibility index (Phi) is 4.94. The lowest BCUT2D eigenvalue weighted by molar-refractivity contribution is 0.750. The molecule has 0 bridgehead atoms. The maximum Gasteiger partial charge on any atom is 0.162 e. The first kappa shape index (κ1) is 15.5. The number of nitrogens with zero attached hydrogens (tertiary/aromatic N) is 4. The molecule has 1 N–H and O–H groups in total. The smallest absolute Gasteiger partial charge is 0.162 e. The van der Waals surface area contributed by atoms with E-state index in [4.69, 9.17) is 10.1 Å². The van der Waals surface area contributed by atoms with Gasteiger partial charge in [0.1, 0.15) is 11.6 Å². The van der Waals surface area contributed by atoms with Crippen molar-refractivity contribution in [1.82, 2.24) is 19.7 Å². The average Bonchev–Trinajstić information content (AvgIpc) is 2.92. The third-order valence-corrected chi connectivity index (χ3v) is 3.59. The standard InChI is InChI=1S/C16H25N5/c1-6-12-10-13(7-2)21(20-12)16-11(5)15(17-9-4)18-14(8-3)19-16/h10H,6-9H2,1-5H3,(H,17,18,19). The van der Waals surface area contributed by atoms with Gasteiger partial charge in [-0.25, -0.2) is 14.6 Å². The third-order valence-electron chi connectivity index (χ3n) is 3.59. The molecule has 2 rings (SSSR count). The number of hydrogen-bond acceptors (Lipinski definition) is 4. The number of aryl methyl sites for hydroxylation is 3. The van der Waals surface area contributed by atoms with Gasteiger partial charge in [-0.1, -0.05) is 20.8 Å². The van der Waals surface area contributed by atoms with Gasteiger partial charge in [0.2, 0.25) is 0 Å². The molecule has 0 unspecified atom stereocenters. The van der Waals surface area contributed by atoms with E-state index >= 15 is 0 Å². The van der Waals surface area contributed by atoms with E-state index in [1.807, 2.05) is 4.68 Å². The lowest BCUT2D eigenvalue weighted by atomic mass is 10.2. The molecule has 2 aromatic heterocycles. The second-order valence-corrected chi connectivity index (χ2v) is 5.07. The van der Waals surface area contributed by atoms with Crippen molar-refractivity contribution in [3.8, 4) is 5.82 Å². The molecule has 0 radical (unpaired) electrons.